The van der Waals surface area contributed by atoms with Gasteiger partial charge in [0, 0.05) is 4.91 Å². The first-order valence-electron chi connectivity index (χ1n) is 10.7. The largest absolute Gasteiger partial charge is 1.00 e. The number of rotatable bonds is 5. The van der Waals surface area contributed by atoms with Gasteiger partial charge in [-0.3, -0.25) is 14.7 Å². The minimum Gasteiger partial charge on any atom is -0.581 e. The van der Waals surface area contributed by atoms with Crippen molar-refractivity contribution < 1.29 is 48.7 Å². The molecule has 158 valence electrons. The van der Waals surface area contributed by atoms with E-state index in [1.165, 1.54) is 6.42 Å². The van der Waals surface area contributed by atoms with E-state index >= 15 is 0 Å². The molecule has 3 fully saturated rings. The number of carbonyl (C=O) groups excluding carboxylic acids is 3. The van der Waals surface area contributed by atoms with E-state index in [1.54, 1.807) is 0 Å². The summed E-state index contributed by atoms with van der Waals surface area (Å²) in [4.78, 5) is 42.7. The van der Waals surface area contributed by atoms with Crippen LogP contribution >= 0.6 is 11.8 Å². The number of aliphatic imine (C=N–C) groups is 1. The van der Waals surface area contributed by atoms with Crippen molar-refractivity contribution in [1.29, 1.82) is 0 Å². The van der Waals surface area contributed by atoms with Crippen LogP contribution in [0, 0.1) is 11.8 Å². The first kappa shape index (κ1) is 24.0. The van der Waals surface area contributed by atoms with Gasteiger partial charge in [0.1, 0.15) is 11.1 Å². The fraction of sp³-hybridized carbons (Fsp3) is 0.714. The normalized spacial score (nSPS) is 33.1. The topological polar surface area (TPSA) is 90.1 Å². The molecule has 4 rings (SSSR count). The molecule has 2 unspecified atom stereocenters. The molecular weight excluding hydrogens is 413 g/mol. The molecule has 2 aliphatic carbocycles. The molecule has 3 amide bonds. The second kappa shape index (κ2) is 10.8. The van der Waals surface area contributed by atoms with E-state index in [4.69, 9.17) is 9.73 Å². The first-order valence-corrected chi connectivity index (χ1v) is 11.5. The third-order valence-electron chi connectivity index (χ3n) is 6.43. The van der Waals surface area contributed by atoms with Crippen LogP contribution in [-0.4, -0.2) is 53.1 Å². The van der Waals surface area contributed by atoms with Gasteiger partial charge in [-0.1, -0.05) is 30.7 Å². The van der Waals surface area contributed by atoms with E-state index in [0.29, 0.717) is 24.0 Å². The van der Waals surface area contributed by atoms with Crippen LogP contribution in [0.5, 0.6) is 0 Å². The van der Waals surface area contributed by atoms with Gasteiger partial charge < -0.3 is 19.6 Å². The molecule has 2 aliphatic heterocycles. The van der Waals surface area contributed by atoms with E-state index in [9.17, 15) is 14.4 Å². The number of thioether (sulfide) groups is 1. The molecule has 0 bridgehead atoms. The van der Waals surface area contributed by atoms with Gasteiger partial charge in [-0.15, -0.1) is 0 Å². The molecule has 2 heterocycles. The number of amides is 3. The molecule has 4 aliphatic rings. The minimum absolute atomic E-state index is 0. The van der Waals surface area contributed by atoms with Crippen molar-refractivity contribution >= 4 is 34.7 Å². The summed E-state index contributed by atoms with van der Waals surface area (Å²) in [6.07, 6.45) is 10.1. The molecule has 30 heavy (non-hydrogen) atoms. The van der Waals surface area contributed by atoms with E-state index in [-0.39, 0.29) is 53.5 Å². The molecule has 2 atom stereocenters. The Balaban J connectivity index is 0.00000256. The summed E-state index contributed by atoms with van der Waals surface area (Å²) >= 11 is 0.932. The van der Waals surface area contributed by atoms with Crippen LogP contribution < -0.4 is 29.6 Å². The van der Waals surface area contributed by atoms with E-state index in [0.717, 1.165) is 62.5 Å². The average Bonchev–Trinajstić information content (AvgIpc) is 3.02. The summed E-state index contributed by atoms with van der Waals surface area (Å²) in [6, 6.07) is 0.186. The number of nitrogens with zero attached hydrogens (tertiary/aromatic N) is 3. The van der Waals surface area contributed by atoms with Gasteiger partial charge in [0.15, 0.2) is 0 Å². The zero-order chi connectivity index (χ0) is 20.4. The van der Waals surface area contributed by atoms with Crippen LogP contribution in [-0.2, 0) is 14.3 Å². The standard InChI is InChI=1S/C21H29N3O4S.Na/c1-13-22-17-5-3-2-4-16(17)20(26)24(13)10-11-28-15-8-6-14(7-9-15)12-18-19(25)23-21(27)29-18;/h12,14-17H,2-11H2,1H3,(H,23,25,27);/q;+1/p-1/b18-12+;. The van der Waals surface area contributed by atoms with Crippen molar-refractivity contribution in [3.05, 3.63) is 16.3 Å². The van der Waals surface area contributed by atoms with Gasteiger partial charge >= 0.3 is 29.6 Å². The third-order valence-corrected chi connectivity index (χ3v) is 7.23. The maximum Gasteiger partial charge on any atom is 1.00 e. The van der Waals surface area contributed by atoms with Gasteiger partial charge in [-0.25, -0.2) is 0 Å². The zero-order valence-electron chi connectivity index (χ0n) is 17.8. The van der Waals surface area contributed by atoms with E-state index < -0.39 is 11.1 Å². The number of amidine groups is 1. The summed E-state index contributed by atoms with van der Waals surface area (Å²) in [5, 5.41) is 3.01. The maximum absolute atomic E-state index is 12.8. The second-order valence-electron chi connectivity index (χ2n) is 8.35. The van der Waals surface area contributed by atoms with Gasteiger partial charge in [-0.05, 0) is 51.4 Å². The number of allylic oxidation sites excluding steroid dienone is 1. The van der Waals surface area contributed by atoms with Crippen molar-refractivity contribution in [2.75, 3.05) is 13.2 Å². The number of imide groups is 1. The molecule has 0 radical (unpaired) electrons. The Morgan fingerprint density at radius 3 is 2.57 bits per heavy atom. The zero-order valence-corrected chi connectivity index (χ0v) is 20.7. The van der Waals surface area contributed by atoms with Crippen LogP contribution in [0.4, 0.5) is 4.79 Å². The van der Waals surface area contributed by atoms with Crippen molar-refractivity contribution in [2.24, 2.45) is 16.8 Å². The summed E-state index contributed by atoms with van der Waals surface area (Å²) in [5.41, 5.74) is 0. The number of ether oxygens (including phenoxy) is 1. The van der Waals surface area contributed by atoms with E-state index in [2.05, 4.69) is 5.32 Å². The predicted molar refractivity (Wildman–Crippen MR) is 112 cm³/mol. The molecule has 1 saturated heterocycles. The van der Waals surface area contributed by atoms with Crippen LogP contribution in [0.1, 0.15) is 58.3 Å². The van der Waals surface area contributed by atoms with Crippen LogP contribution in [0.25, 0.3) is 5.32 Å². The summed E-state index contributed by atoms with van der Waals surface area (Å²) in [7, 11) is 0. The number of carbonyl (C=O) groups is 3. The summed E-state index contributed by atoms with van der Waals surface area (Å²) in [6.45, 7) is 3.02. The molecule has 0 aromatic rings. The predicted octanol–water partition coefficient (Wildman–Crippen LogP) is 1.04. The second-order valence-corrected chi connectivity index (χ2v) is 9.34. The first-order chi connectivity index (χ1) is 14.0. The fourth-order valence-electron chi connectivity index (χ4n) is 4.85. The Bertz CT molecular complexity index is 749. The molecule has 0 aromatic carbocycles. The fourth-order valence-corrected chi connectivity index (χ4v) is 5.56. The monoisotopic (exact) mass is 441 g/mol. The van der Waals surface area contributed by atoms with Crippen molar-refractivity contribution in [1.82, 2.24) is 4.90 Å². The van der Waals surface area contributed by atoms with Crippen molar-refractivity contribution in [3.63, 3.8) is 0 Å². The Kier molecular flexibility index (Phi) is 8.61. The quantitative estimate of drug-likeness (QED) is 0.470. The van der Waals surface area contributed by atoms with Crippen molar-refractivity contribution in [2.45, 2.75) is 70.4 Å². The molecular formula is C21H28N3NaO4S. The third kappa shape index (κ3) is 5.57. The Morgan fingerprint density at radius 2 is 1.87 bits per heavy atom. The number of fused-ring (bicyclic) bond motifs is 1. The SMILES string of the molecule is CC1=NC2CCCCC2C(=O)N1CCOC1CCC(/C=C2/SC(=O)[N-]C2=O)CC1.[Na+]. The van der Waals surface area contributed by atoms with Crippen LogP contribution in [0.2, 0.25) is 0 Å². The number of hydrogen-bond donors (Lipinski definition) is 0. The molecule has 9 heteroatoms. The van der Waals surface area contributed by atoms with Gasteiger partial charge in [0.05, 0.1) is 37.1 Å². The van der Waals surface area contributed by atoms with Crippen molar-refractivity contribution in [3.8, 4) is 0 Å². The summed E-state index contributed by atoms with van der Waals surface area (Å²) < 4.78 is 6.06. The van der Waals surface area contributed by atoms with Crippen LogP contribution in [0.15, 0.2) is 16.0 Å². The Hall–Kier alpha value is -0.670. The molecule has 2 saturated carbocycles. The number of hydrogen-bond acceptors (Lipinski definition) is 6. The van der Waals surface area contributed by atoms with Gasteiger partial charge in [0.25, 0.3) is 0 Å². The average molecular weight is 442 g/mol. The molecule has 7 nitrogen and oxygen atoms in total. The molecule has 0 N–H and O–H groups in total. The molecule has 0 spiro atoms. The van der Waals surface area contributed by atoms with Gasteiger partial charge in [-0.2, -0.15) is 0 Å². The minimum atomic E-state index is -0.413. The summed E-state index contributed by atoms with van der Waals surface area (Å²) in [5.74, 6) is 1.01. The Morgan fingerprint density at radius 1 is 1.13 bits per heavy atom. The van der Waals surface area contributed by atoms with E-state index in [1.807, 2.05) is 17.9 Å². The van der Waals surface area contributed by atoms with Crippen LogP contribution in [0.3, 0.4) is 0 Å². The smallest absolute Gasteiger partial charge is 0.581 e. The Labute approximate surface area is 204 Å². The van der Waals surface area contributed by atoms with Gasteiger partial charge in [0.2, 0.25) is 5.91 Å². The maximum atomic E-state index is 12.8. The molecule has 0 aromatic heterocycles.